The van der Waals surface area contributed by atoms with E-state index in [4.69, 9.17) is 4.74 Å². The van der Waals surface area contributed by atoms with Crippen LogP contribution in [0.3, 0.4) is 0 Å². The van der Waals surface area contributed by atoms with E-state index in [-0.39, 0.29) is 5.91 Å². The van der Waals surface area contributed by atoms with Gasteiger partial charge in [0.25, 0.3) is 5.78 Å². The highest BCUT2D eigenvalue weighted by atomic mass is 16.5. The number of rotatable bonds is 7. The predicted molar refractivity (Wildman–Crippen MR) is 103 cm³/mol. The third kappa shape index (κ3) is 4.24. The van der Waals surface area contributed by atoms with Crippen molar-refractivity contribution in [3.63, 3.8) is 0 Å². The van der Waals surface area contributed by atoms with Crippen molar-refractivity contribution in [1.82, 2.24) is 24.5 Å². The molecule has 2 heterocycles. The van der Waals surface area contributed by atoms with Crippen molar-refractivity contribution in [2.75, 3.05) is 20.2 Å². The number of amides is 1. The summed E-state index contributed by atoms with van der Waals surface area (Å²) < 4.78 is 7.49. The molecule has 0 unspecified atom stereocenters. The minimum absolute atomic E-state index is 0.0841. The minimum Gasteiger partial charge on any atom is -0.491 e. The summed E-state index contributed by atoms with van der Waals surface area (Å²) in [5.74, 6) is 1.53. The third-order valence-electron chi connectivity index (χ3n) is 4.78. The van der Waals surface area contributed by atoms with Crippen LogP contribution in [0, 0.1) is 20.8 Å². The molecular formula is C20H25N5O2. The van der Waals surface area contributed by atoms with Crippen molar-refractivity contribution >= 4 is 11.7 Å². The number of carbonyl (C=O) groups excluding carboxylic acids is 1. The Balaban J connectivity index is 1.54. The van der Waals surface area contributed by atoms with Crippen molar-refractivity contribution in [3.8, 4) is 5.75 Å². The van der Waals surface area contributed by atoms with Gasteiger partial charge < -0.3 is 9.64 Å². The van der Waals surface area contributed by atoms with Crippen LogP contribution in [0.2, 0.25) is 0 Å². The molecule has 7 heteroatoms. The fraction of sp³-hybridized carbons (Fsp3) is 0.400. The maximum atomic E-state index is 12.5. The van der Waals surface area contributed by atoms with Gasteiger partial charge in [0.15, 0.2) is 0 Å². The summed E-state index contributed by atoms with van der Waals surface area (Å²) in [6, 6.07) is 7.88. The number of ether oxygens (including phenoxy) is 1. The average Bonchev–Trinajstić information content (AvgIpc) is 3.11. The maximum Gasteiger partial charge on any atom is 0.252 e. The zero-order valence-electron chi connectivity index (χ0n) is 16.3. The lowest BCUT2D eigenvalue weighted by Gasteiger charge is -2.18. The lowest BCUT2D eigenvalue weighted by Crippen LogP contribution is -2.31. The summed E-state index contributed by atoms with van der Waals surface area (Å²) >= 11 is 0. The number of nitrogens with zero attached hydrogens (tertiary/aromatic N) is 5. The van der Waals surface area contributed by atoms with Crippen molar-refractivity contribution < 1.29 is 9.53 Å². The molecule has 0 spiro atoms. The summed E-state index contributed by atoms with van der Waals surface area (Å²) in [6.07, 6.45) is 2.54. The van der Waals surface area contributed by atoms with Crippen molar-refractivity contribution in [2.24, 2.45) is 0 Å². The molecule has 0 saturated heterocycles. The fourth-order valence-electron chi connectivity index (χ4n) is 3.08. The second-order valence-electron chi connectivity index (χ2n) is 6.66. The van der Waals surface area contributed by atoms with E-state index in [2.05, 4.69) is 15.1 Å². The lowest BCUT2D eigenvalue weighted by atomic mass is 10.1. The molecule has 3 aromatic rings. The van der Waals surface area contributed by atoms with Crippen LogP contribution in [0.5, 0.6) is 5.75 Å². The van der Waals surface area contributed by atoms with Crippen LogP contribution in [0.15, 0.2) is 30.6 Å². The van der Waals surface area contributed by atoms with E-state index in [1.807, 2.05) is 52.1 Å². The van der Waals surface area contributed by atoms with Crippen LogP contribution in [0.4, 0.5) is 0 Å². The van der Waals surface area contributed by atoms with Gasteiger partial charge in [-0.15, -0.1) is 0 Å². The second kappa shape index (κ2) is 8.16. The average molecular weight is 367 g/mol. The first-order valence-electron chi connectivity index (χ1n) is 9.05. The minimum atomic E-state index is 0.0841. The third-order valence-corrected chi connectivity index (χ3v) is 4.78. The van der Waals surface area contributed by atoms with Crippen LogP contribution < -0.4 is 4.74 Å². The van der Waals surface area contributed by atoms with Gasteiger partial charge in [0.05, 0.1) is 6.54 Å². The molecule has 142 valence electrons. The van der Waals surface area contributed by atoms with Crippen LogP contribution in [-0.2, 0) is 11.2 Å². The van der Waals surface area contributed by atoms with Crippen molar-refractivity contribution in [2.45, 2.75) is 33.6 Å². The first-order chi connectivity index (χ1) is 13.0. The Hall–Kier alpha value is -2.96. The number of para-hydroxylation sites is 1. The molecule has 0 aliphatic heterocycles. The predicted octanol–water partition coefficient (Wildman–Crippen LogP) is 2.52. The zero-order chi connectivity index (χ0) is 19.4. The number of hydrogen-bond donors (Lipinski definition) is 0. The molecule has 0 bridgehead atoms. The van der Waals surface area contributed by atoms with Crippen LogP contribution >= 0.6 is 0 Å². The number of aryl methyl sites for hydroxylation is 3. The van der Waals surface area contributed by atoms with E-state index in [1.54, 1.807) is 9.42 Å². The van der Waals surface area contributed by atoms with Crippen molar-refractivity contribution in [1.29, 1.82) is 0 Å². The topological polar surface area (TPSA) is 72.6 Å². The number of carbonyl (C=O) groups is 1. The summed E-state index contributed by atoms with van der Waals surface area (Å²) in [4.78, 5) is 22.8. The number of benzene rings is 1. The quantitative estimate of drug-likeness (QED) is 0.642. The van der Waals surface area contributed by atoms with E-state index < -0.39 is 0 Å². The number of hydrogen-bond acceptors (Lipinski definition) is 5. The van der Waals surface area contributed by atoms with Gasteiger partial charge in [-0.25, -0.2) is 9.50 Å². The highest BCUT2D eigenvalue weighted by Gasteiger charge is 2.14. The number of fused-ring (bicyclic) bond motifs is 1. The van der Waals surface area contributed by atoms with Gasteiger partial charge in [0.1, 0.15) is 18.7 Å². The van der Waals surface area contributed by atoms with E-state index >= 15 is 0 Å². The molecule has 0 radical (unpaired) electrons. The summed E-state index contributed by atoms with van der Waals surface area (Å²) in [5.41, 5.74) is 4.01. The molecule has 1 amide bonds. The largest absolute Gasteiger partial charge is 0.491 e. The molecule has 0 atom stereocenters. The normalized spacial score (nSPS) is 11.0. The monoisotopic (exact) mass is 367 g/mol. The molecule has 27 heavy (non-hydrogen) atoms. The first kappa shape index (κ1) is 18.8. The van der Waals surface area contributed by atoms with Gasteiger partial charge in [-0.2, -0.15) is 10.1 Å². The van der Waals surface area contributed by atoms with E-state index in [9.17, 15) is 4.79 Å². The fourth-order valence-corrected chi connectivity index (χ4v) is 3.08. The van der Waals surface area contributed by atoms with E-state index in [1.165, 1.54) is 6.33 Å². The molecule has 3 rings (SSSR count). The van der Waals surface area contributed by atoms with Crippen LogP contribution in [-0.4, -0.2) is 50.6 Å². The van der Waals surface area contributed by atoms with Gasteiger partial charge in [0.2, 0.25) is 5.91 Å². The van der Waals surface area contributed by atoms with Crippen LogP contribution in [0.25, 0.3) is 5.78 Å². The standard InChI is InChI=1S/C20H25N5O2/c1-14-7-5-6-8-18(14)27-12-11-24(4)19(26)10-9-17-15(2)23-20-21-13-22-25(20)16(17)3/h5-8,13H,9-12H2,1-4H3. The molecule has 0 aliphatic rings. The molecule has 1 aromatic carbocycles. The maximum absolute atomic E-state index is 12.5. The second-order valence-corrected chi connectivity index (χ2v) is 6.66. The molecule has 0 saturated carbocycles. The molecule has 0 fully saturated rings. The van der Waals surface area contributed by atoms with Gasteiger partial charge in [0, 0.05) is 24.9 Å². The number of likely N-dealkylation sites (N-methyl/N-ethyl adjacent to an activating group) is 1. The summed E-state index contributed by atoms with van der Waals surface area (Å²) in [7, 11) is 1.81. The smallest absolute Gasteiger partial charge is 0.252 e. The number of aromatic nitrogens is 4. The van der Waals surface area contributed by atoms with Gasteiger partial charge in [-0.05, 0) is 44.4 Å². The first-order valence-corrected chi connectivity index (χ1v) is 9.05. The highest BCUT2D eigenvalue weighted by Crippen LogP contribution is 2.17. The molecule has 0 aliphatic carbocycles. The van der Waals surface area contributed by atoms with E-state index in [0.717, 1.165) is 28.3 Å². The Morgan fingerprint density at radius 1 is 1.22 bits per heavy atom. The molecular weight excluding hydrogens is 342 g/mol. The van der Waals surface area contributed by atoms with Crippen molar-refractivity contribution in [3.05, 3.63) is 53.1 Å². The van der Waals surface area contributed by atoms with Gasteiger partial charge >= 0.3 is 0 Å². The van der Waals surface area contributed by atoms with Gasteiger partial charge in [-0.1, -0.05) is 18.2 Å². The summed E-state index contributed by atoms with van der Waals surface area (Å²) in [6.45, 7) is 6.95. The molecule has 2 aromatic heterocycles. The Morgan fingerprint density at radius 2 is 2.00 bits per heavy atom. The van der Waals surface area contributed by atoms with Gasteiger partial charge in [-0.3, -0.25) is 4.79 Å². The Kier molecular flexibility index (Phi) is 5.69. The SMILES string of the molecule is Cc1ccccc1OCCN(C)C(=O)CCc1c(C)nc2ncnn2c1C. The summed E-state index contributed by atoms with van der Waals surface area (Å²) in [5, 5.41) is 4.19. The molecule has 0 N–H and O–H groups in total. The Morgan fingerprint density at radius 3 is 2.78 bits per heavy atom. The Bertz CT molecular complexity index is 951. The zero-order valence-corrected chi connectivity index (χ0v) is 16.3. The van der Waals surface area contributed by atoms with Crippen LogP contribution in [0.1, 0.15) is 28.9 Å². The van der Waals surface area contributed by atoms with E-state index in [0.29, 0.717) is 31.8 Å². The molecule has 7 nitrogen and oxygen atoms in total. The Labute approximate surface area is 159 Å². The highest BCUT2D eigenvalue weighted by molar-refractivity contribution is 5.76. The lowest BCUT2D eigenvalue weighted by molar-refractivity contribution is -0.130.